The topological polar surface area (TPSA) is 12.4 Å². The third-order valence-corrected chi connectivity index (χ3v) is 3.24. The molecule has 1 atom stereocenters. The van der Waals surface area contributed by atoms with Gasteiger partial charge in [-0.05, 0) is 23.8 Å². The van der Waals surface area contributed by atoms with Crippen LogP contribution in [0.25, 0.3) is 0 Å². The summed E-state index contributed by atoms with van der Waals surface area (Å²) in [6.45, 7) is 6.86. The maximum Gasteiger partial charge on any atom is 0.302 e. The van der Waals surface area contributed by atoms with Crippen molar-refractivity contribution in [2.45, 2.75) is 33.6 Å². The van der Waals surface area contributed by atoms with Crippen LogP contribution in [0.3, 0.4) is 0 Å². The molecule has 13 heavy (non-hydrogen) atoms. The lowest BCUT2D eigenvalue weighted by atomic mass is 9.91. The number of allylic oxidation sites excluding steroid dienone is 1. The lowest BCUT2D eigenvalue weighted by Crippen LogP contribution is -2.05. The van der Waals surface area contributed by atoms with Crippen molar-refractivity contribution in [2.24, 2.45) is 16.8 Å². The summed E-state index contributed by atoms with van der Waals surface area (Å²) >= 11 is 1.52. The molecule has 0 saturated heterocycles. The standard InChI is InChI=1S/C11H18NS/c1-8(2)9(3)5-10-6-11(13-4)12-7-10/h7-9H,4-6H2,1-3H3/q+1/t9-/m0/s1. The summed E-state index contributed by atoms with van der Waals surface area (Å²) in [5.74, 6) is 5.29. The quantitative estimate of drug-likeness (QED) is 0.486. The summed E-state index contributed by atoms with van der Waals surface area (Å²) in [5, 5.41) is 1.16. The minimum Gasteiger partial charge on any atom is -0.206 e. The predicted molar refractivity (Wildman–Crippen MR) is 63.2 cm³/mol. The molecular formula is C11H18NS+. The number of hydrogen-bond donors (Lipinski definition) is 0. The Kier molecular flexibility index (Phi) is 3.79. The van der Waals surface area contributed by atoms with Gasteiger partial charge in [-0.3, -0.25) is 0 Å². The Morgan fingerprint density at radius 1 is 1.54 bits per heavy atom. The van der Waals surface area contributed by atoms with Gasteiger partial charge in [-0.2, -0.15) is 0 Å². The van der Waals surface area contributed by atoms with Gasteiger partial charge >= 0.3 is 5.04 Å². The lowest BCUT2D eigenvalue weighted by Gasteiger charge is -2.14. The molecule has 2 heteroatoms. The van der Waals surface area contributed by atoms with Crippen molar-refractivity contribution in [3.63, 3.8) is 0 Å². The second-order valence-electron chi connectivity index (χ2n) is 4.06. The Hall–Kier alpha value is -0.500. The highest BCUT2D eigenvalue weighted by molar-refractivity contribution is 7.92. The maximum atomic E-state index is 4.30. The van der Waals surface area contributed by atoms with Crippen molar-refractivity contribution in [3.8, 4) is 0 Å². The fraction of sp³-hybridized carbons (Fsp3) is 0.636. The Bertz CT molecular complexity index is 251. The van der Waals surface area contributed by atoms with Crippen LogP contribution in [0.5, 0.6) is 0 Å². The average Bonchev–Trinajstić information content (AvgIpc) is 2.52. The fourth-order valence-corrected chi connectivity index (χ4v) is 1.73. The monoisotopic (exact) mass is 196 g/mol. The van der Waals surface area contributed by atoms with Crippen molar-refractivity contribution < 1.29 is 0 Å². The van der Waals surface area contributed by atoms with Gasteiger partial charge in [0.25, 0.3) is 0 Å². The van der Waals surface area contributed by atoms with Gasteiger partial charge in [-0.15, -0.1) is 0 Å². The summed E-state index contributed by atoms with van der Waals surface area (Å²) in [4.78, 5) is 4.30. The number of nitrogens with zero attached hydrogens (tertiary/aromatic N) is 1. The van der Waals surface area contributed by atoms with E-state index in [1.807, 2.05) is 6.20 Å². The normalized spacial score (nSPS) is 18.5. The number of rotatable bonds is 3. The van der Waals surface area contributed by atoms with Crippen LogP contribution in [0, 0.1) is 11.8 Å². The summed E-state index contributed by atoms with van der Waals surface area (Å²) < 4.78 is 0. The second kappa shape index (κ2) is 4.66. The van der Waals surface area contributed by atoms with E-state index in [2.05, 4.69) is 31.6 Å². The molecule has 0 aromatic rings. The van der Waals surface area contributed by atoms with Gasteiger partial charge in [-0.1, -0.05) is 20.8 Å². The molecule has 1 nitrogen and oxygen atoms in total. The van der Waals surface area contributed by atoms with E-state index in [-0.39, 0.29) is 0 Å². The molecule has 72 valence electrons. The van der Waals surface area contributed by atoms with Gasteiger partial charge in [0.05, 0.1) is 6.42 Å². The molecule has 1 heterocycles. The van der Waals surface area contributed by atoms with Crippen LogP contribution >= 0.6 is 0 Å². The highest BCUT2D eigenvalue weighted by Crippen LogP contribution is 2.24. The zero-order valence-corrected chi connectivity index (χ0v) is 9.53. The molecular weight excluding hydrogens is 178 g/mol. The van der Waals surface area contributed by atoms with E-state index in [1.54, 1.807) is 0 Å². The molecule has 0 unspecified atom stereocenters. The molecule has 0 spiro atoms. The Morgan fingerprint density at radius 3 is 2.69 bits per heavy atom. The summed E-state index contributed by atoms with van der Waals surface area (Å²) in [6.07, 6.45) is 4.24. The average molecular weight is 196 g/mol. The molecule has 0 fully saturated rings. The zero-order valence-electron chi connectivity index (χ0n) is 8.71. The van der Waals surface area contributed by atoms with E-state index in [0.717, 1.165) is 23.3 Å². The molecule has 0 aromatic carbocycles. The second-order valence-corrected chi connectivity index (χ2v) is 4.82. The summed E-state index contributed by atoms with van der Waals surface area (Å²) in [5.41, 5.74) is 1.47. The van der Waals surface area contributed by atoms with Crippen LogP contribution in [-0.2, 0) is 11.4 Å². The summed E-state index contributed by atoms with van der Waals surface area (Å²) in [7, 11) is 0. The molecule has 0 N–H and O–H groups in total. The van der Waals surface area contributed by atoms with Crippen molar-refractivity contribution >= 4 is 22.3 Å². The van der Waals surface area contributed by atoms with Crippen molar-refractivity contribution in [2.75, 3.05) is 0 Å². The summed E-state index contributed by atoms with van der Waals surface area (Å²) in [6, 6.07) is 0. The zero-order chi connectivity index (χ0) is 9.84. The fourth-order valence-electron chi connectivity index (χ4n) is 1.31. The third-order valence-electron chi connectivity index (χ3n) is 2.66. The van der Waals surface area contributed by atoms with E-state index in [0.29, 0.717) is 0 Å². The molecule has 0 amide bonds. The molecule has 1 rings (SSSR count). The van der Waals surface area contributed by atoms with Gasteiger partial charge in [0.15, 0.2) is 5.87 Å². The SMILES string of the molecule is C=[S+]C1=NC=C(C[C@H](C)C(C)C)C1. The van der Waals surface area contributed by atoms with Gasteiger partial charge in [0.2, 0.25) is 11.4 Å². The van der Waals surface area contributed by atoms with E-state index in [9.17, 15) is 0 Å². The lowest BCUT2D eigenvalue weighted by molar-refractivity contribution is 0.415. The third kappa shape index (κ3) is 3.03. The van der Waals surface area contributed by atoms with E-state index in [1.165, 1.54) is 23.3 Å². The van der Waals surface area contributed by atoms with E-state index < -0.39 is 0 Å². The van der Waals surface area contributed by atoms with Crippen LogP contribution in [0.1, 0.15) is 33.6 Å². The minimum atomic E-state index is 0.760. The molecule has 0 bridgehead atoms. The molecule has 0 aromatic heterocycles. The first-order valence-electron chi connectivity index (χ1n) is 4.80. The van der Waals surface area contributed by atoms with Crippen LogP contribution in [0.4, 0.5) is 0 Å². The Labute approximate surface area is 84.9 Å². The maximum absolute atomic E-state index is 4.30. The molecule has 1 aliphatic rings. The van der Waals surface area contributed by atoms with Crippen LogP contribution in [0.2, 0.25) is 0 Å². The van der Waals surface area contributed by atoms with Crippen LogP contribution in [-0.4, -0.2) is 10.9 Å². The first-order chi connectivity index (χ1) is 6.13. The molecule has 0 radical (unpaired) electrons. The first kappa shape index (κ1) is 10.6. The van der Waals surface area contributed by atoms with Crippen LogP contribution < -0.4 is 0 Å². The van der Waals surface area contributed by atoms with Crippen molar-refractivity contribution in [1.29, 1.82) is 0 Å². The predicted octanol–water partition coefficient (Wildman–Crippen LogP) is 2.87. The van der Waals surface area contributed by atoms with Gasteiger partial charge < -0.3 is 0 Å². The minimum absolute atomic E-state index is 0.760. The van der Waals surface area contributed by atoms with Gasteiger partial charge in [0, 0.05) is 6.20 Å². The molecule has 0 aliphatic carbocycles. The Balaban J connectivity index is 2.39. The van der Waals surface area contributed by atoms with Gasteiger partial charge in [0.1, 0.15) is 0 Å². The largest absolute Gasteiger partial charge is 0.302 e. The van der Waals surface area contributed by atoms with Crippen molar-refractivity contribution in [1.82, 2.24) is 0 Å². The smallest absolute Gasteiger partial charge is 0.206 e. The number of hydrogen-bond acceptors (Lipinski definition) is 1. The highest BCUT2D eigenvalue weighted by Gasteiger charge is 2.19. The number of aliphatic imine (C=N–C) groups is 1. The van der Waals surface area contributed by atoms with E-state index >= 15 is 0 Å². The van der Waals surface area contributed by atoms with E-state index in [4.69, 9.17) is 0 Å². The Morgan fingerprint density at radius 2 is 2.23 bits per heavy atom. The molecule has 1 aliphatic heterocycles. The van der Waals surface area contributed by atoms with Crippen molar-refractivity contribution in [3.05, 3.63) is 11.8 Å². The highest BCUT2D eigenvalue weighted by atomic mass is 32.1. The van der Waals surface area contributed by atoms with Crippen LogP contribution in [0.15, 0.2) is 16.8 Å². The first-order valence-corrected chi connectivity index (χ1v) is 5.78. The molecule has 0 saturated carbocycles. The van der Waals surface area contributed by atoms with Gasteiger partial charge in [-0.25, -0.2) is 4.99 Å².